The molecule has 0 aliphatic carbocycles. The number of anilines is 2. The van der Waals surface area contributed by atoms with Gasteiger partial charge in [-0.25, -0.2) is 9.97 Å². The minimum absolute atomic E-state index is 0.331. The first kappa shape index (κ1) is 23.4. The van der Waals surface area contributed by atoms with Gasteiger partial charge in [0.15, 0.2) is 10.3 Å². The summed E-state index contributed by atoms with van der Waals surface area (Å²) in [4.78, 5) is 33.6. The monoisotopic (exact) mass is 494 g/mol. The summed E-state index contributed by atoms with van der Waals surface area (Å²) < 4.78 is 10.6. The number of carbonyl (C=O) groups is 2. The van der Waals surface area contributed by atoms with Gasteiger partial charge in [-0.05, 0) is 61.4 Å². The van der Waals surface area contributed by atoms with E-state index < -0.39 is 11.8 Å². The molecule has 4 aromatic rings. The van der Waals surface area contributed by atoms with E-state index in [0.717, 1.165) is 33.8 Å². The van der Waals surface area contributed by atoms with Gasteiger partial charge in [-0.1, -0.05) is 0 Å². The molecule has 2 N–H and O–H groups in total. The van der Waals surface area contributed by atoms with Gasteiger partial charge in [-0.3, -0.25) is 20.2 Å². The van der Waals surface area contributed by atoms with Crippen LogP contribution in [0.15, 0.2) is 47.2 Å². The van der Waals surface area contributed by atoms with Crippen LogP contribution < -0.4 is 20.1 Å². The second kappa shape index (κ2) is 10.0. The Morgan fingerprint density at radius 2 is 1.15 bits per heavy atom. The standard InChI is InChI=1S/C24H22N4O4S2/c1-13-9-15(5-7-19(13)31-3)17-11-33-23(25-17)27-21(29)22(30)28-24-26-18(12-34-24)16-6-8-20(32-4)14(2)10-16/h5-12H,1-4H3,(H,25,27,29)(H,26,28,30). The second-order valence-electron chi connectivity index (χ2n) is 7.35. The number of rotatable bonds is 6. The highest BCUT2D eigenvalue weighted by atomic mass is 32.1. The van der Waals surface area contributed by atoms with E-state index in [-0.39, 0.29) is 0 Å². The Morgan fingerprint density at radius 1 is 0.735 bits per heavy atom. The first-order valence-electron chi connectivity index (χ1n) is 10.2. The van der Waals surface area contributed by atoms with Crippen molar-refractivity contribution in [1.82, 2.24) is 9.97 Å². The summed E-state index contributed by atoms with van der Waals surface area (Å²) in [6.07, 6.45) is 0. The minimum atomic E-state index is -0.816. The zero-order chi connectivity index (χ0) is 24.2. The zero-order valence-corrected chi connectivity index (χ0v) is 20.6. The topological polar surface area (TPSA) is 102 Å². The lowest BCUT2D eigenvalue weighted by molar-refractivity contribution is -0.132. The van der Waals surface area contributed by atoms with Crippen LogP contribution in [0.25, 0.3) is 22.5 Å². The number of benzene rings is 2. The van der Waals surface area contributed by atoms with Crippen molar-refractivity contribution in [2.75, 3.05) is 24.9 Å². The first-order chi connectivity index (χ1) is 16.4. The molecular weight excluding hydrogens is 472 g/mol. The Morgan fingerprint density at radius 3 is 1.50 bits per heavy atom. The molecular formula is C24H22N4O4S2. The number of ether oxygens (including phenoxy) is 2. The van der Waals surface area contributed by atoms with Gasteiger partial charge in [0.2, 0.25) is 0 Å². The maximum atomic E-state index is 12.4. The van der Waals surface area contributed by atoms with Crippen LogP contribution in [0.1, 0.15) is 11.1 Å². The predicted molar refractivity (Wildman–Crippen MR) is 135 cm³/mol. The lowest BCUT2D eigenvalue weighted by atomic mass is 10.1. The number of nitrogens with one attached hydrogen (secondary N) is 2. The SMILES string of the molecule is COc1ccc(-c2csc(NC(=O)C(=O)Nc3nc(-c4ccc(OC)c(C)c4)cs3)n2)cc1C. The van der Waals surface area contributed by atoms with E-state index in [2.05, 4.69) is 20.6 Å². The zero-order valence-electron chi connectivity index (χ0n) is 19.0. The summed E-state index contributed by atoms with van der Waals surface area (Å²) in [5.41, 5.74) is 5.14. The molecule has 0 saturated heterocycles. The van der Waals surface area contributed by atoms with Crippen molar-refractivity contribution in [3.63, 3.8) is 0 Å². The summed E-state index contributed by atoms with van der Waals surface area (Å²) in [6.45, 7) is 3.89. The average molecular weight is 495 g/mol. The highest BCUT2D eigenvalue weighted by Crippen LogP contribution is 2.30. The van der Waals surface area contributed by atoms with Gasteiger partial charge in [0, 0.05) is 21.9 Å². The fraction of sp³-hybridized carbons (Fsp3) is 0.167. The van der Waals surface area contributed by atoms with Crippen LogP contribution in [-0.4, -0.2) is 36.0 Å². The summed E-state index contributed by atoms with van der Waals surface area (Å²) in [5, 5.41) is 9.38. The fourth-order valence-corrected chi connectivity index (χ4v) is 4.74. The number of aryl methyl sites for hydroxylation is 2. The van der Waals surface area contributed by atoms with Crippen LogP contribution in [0.3, 0.4) is 0 Å². The van der Waals surface area contributed by atoms with E-state index in [1.807, 2.05) is 61.0 Å². The van der Waals surface area contributed by atoms with E-state index in [0.29, 0.717) is 21.7 Å². The molecule has 0 aliphatic heterocycles. The number of methoxy groups -OCH3 is 2. The summed E-state index contributed by atoms with van der Waals surface area (Å²) in [6, 6.07) is 11.4. The minimum Gasteiger partial charge on any atom is -0.496 e. The van der Waals surface area contributed by atoms with Crippen LogP contribution in [-0.2, 0) is 9.59 Å². The normalized spacial score (nSPS) is 10.6. The molecule has 0 saturated carbocycles. The van der Waals surface area contributed by atoms with E-state index >= 15 is 0 Å². The molecule has 0 spiro atoms. The molecule has 2 aromatic carbocycles. The Hall–Kier alpha value is -3.76. The molecule has 8 nitrogen and oxygen atoms in total. The molecule has 0 radical (unpaired) electrons. The van der Waals surface area contributed by atoms with Crippen LogP contribution >= 0.6 is 22.7 Å². The lowest BCUT2D eigenvalue weighted by Crippen LogP contribution is -2.28. The molecule has 0 aliphatic rings. The number of thiazole rings is 2. The number of hydrogen-bond acceptors (Lipinski definition) is 8. The average Bonchev–Trinajstić information content (AvgIpc) is 3.49. The number of aromatic nitrogens is 2. The Labute approximate surface area is 204 Å². The molecule has 2 amide bonds. The van der Waals surface area contributed by atoms with E-state index in [4.69, 9.17) is 9.47 Å². The van der Waals surface area contributed by atoms with Crippen molar-refractivity contribution in [1.29, 1.82) is 0 Å². The van der Waals surface area contributed by atoms with Gasteiger partial charge < -0.3 is 9.47 Å². The smallest absolute Gasteiger partial charge is 0.315 e. The van der Waals surface area contributed by atoms with Gasteiger partial charge in [0.1, 0.15) is 11.5 Å². The number of nitrogens with zero attached hydrogens (tertiary/aromatic N) is 2. The maximum Gasteiger partial charge on any atom is 0.315 e. The van der Waals surface area contributed by atoms with E-state index in [1.165, 1.54) is 22.7 Å². The second-order valence-corrected chi connectivity index (χ2v) is 9.07. The van der Waals surface area contributed by atoms with E-state index in [1.54, 1.807) is 14.2 Å². The summed E-state index contributed by atoms with van der Waals surface area (Å²) in [7, 11) is 3.24. The van der Waals surface area contributed by atoms with Crippen molar-refractivity contribution in [2.24, 2.45) is 0 Å². The summed E-state index contributed by atoms with van der Waals surface area (Å²) >= 11 is 2.48. The predicted octanol–water partition coefficient (Wildman–Crippen LogP) is 5.14. The number of carbonyl (C=O) groups excluding carboxylic acids is 2. The van der Waals surface area contributed by atoms with E-state index in [9.17, 15) is 9.59 Å². The van der Waals surface area contributed by atoms with Gasteiger partial charge >= 0.3 is 11.8 Å². The van der Waals surface area contributed by atoms with Crippen molar-refractivity contribution in [3.8, 4) is 34.0 Å². The molecule has 0 atom stereocenters. The molecule has 174 valence electrons. The first-order valence-corrected chi connectivity index (χ1v) is 12.0. The lowest BCUT2D eigenvalue weighted by Gasteiger charge is -2.06. The van der Waals surface area contributed by atoms with Crippen molar-refractivity contribution >= 4 is 44.8 Å². The van der Waals surface area contributed by atoms with Crippen LogP contribution in [0.5, 0.6) is 11.5 Å². The van der Waals surface area contributed by atoms with Gasteiger partial charge in [-0.15, -0.1) is 22.7 Å². The van der Waals surface area contributed by atoms with Crippen LogP contribution in [0.4, 0.5) is 10.3 Å². The highest BCUT2D eigenvalue weighted by Gasteiger charge is 2.18. The van der Waals surface area contributed by atoms with Crippen LogP contribution in [0, 0.1) is 13.8 Å². The van der Waals surface area contributed by atoms with Crippen molar-refractivity contribution < 1.29 is 19.1 Å². The molecule has 0 bridgehead atoms. The number of amides is 2. The third-order valence-corrected chi connectivity index (χ3v) is 6.55. The van der Waals surface area contributed by atoms with Gasteiger partial charge in [-0.2, -0.15) is 0 Å². The largest absolute Gasteiger partial charge is 0.496 e. The third kappa shape index (κ3) is 5.08. The summed E-state index contributed by atoms with van der Waals surface area (Å²) in [5.74, 6) is -0.0546. The maximum absolute atomic E-state index is 12.4. The third-order valence-electron chi connectivity index (χ3n) is 5.04. The molecule has 2 heterocycles. The molecule has 4 rings (SSSR count). The highest BCUT2D eigenvalue weighted by molar-refractivity contribution is 7.14. The Balaban J connectivity index is 1.39. The molecule has 34 heavy (non-hydrogen) atoms. The molecule has 0 fully saturated rings. The van der Waals surface area contributed by atoms with Gasteiger partial charge in [0.25, 0.3) is 0 Å². The quantitative estimate of drug-likeness (QED) is 0.360. The number of hydrogen-bond donors (Lipinski definition) is 2. The fourth-order valence-electron chi connectivity index (χ4n) is 3.31. The molecule has 0 unspecified atom stereocenters. The van der Waals surface area contributed by atoms with Crippen LogP contribution in [0.2, 0.25) is 0 Å². The molecule has 2 aromatic heterocycles. The van der Waals surface area contributed by atoms with Crippen molar-refractivity contribution in [2.45, 2.75) is 13.8 Å². The van der Waals surface area contributed by atoms with Gasteiger partial charge in [0.05, 0.1) is 25.6 Å². The Kier molecular flexibility index (Phi) is 6.90. The Bertz CT molecular complexity index is 1260. The van der Waals surface area contributed by atoms with Crippen molar-refractivity contribution in [3.05, 3.63) is 58.3 Å². The molecule has 10 heteroatoms.